The van der Waals surface area contributed by atoms with Gasteiger partial charge in [-0.3, -0.25) is 9.59 Å². The molecular formula is C32H40ClN3O6S. The highest BCUT2D eigenvalue weighted by Gasteiger charge is 2.32. The second kappa shape index (κ2) is 14.5. The van der Waals surface area contributed by atoms with Crippen LogP contribution in [0.4, 0.5) is 5.69 Å². The quantitative estimate of drug-likeness (QED) is 0.380. The number of sulfone groups is 1. The Hall–Kier alpha value is -3.21. The highest BCUT2D eigenvalue weighted by molar-refractivity contribution is 7.92. The largest absolute Gasteiger partial charge is 0.478 e. The van der Waals surface area contributed by atoms with E-state index in [0.717, 1.165) is 30.3 Å². The van der Waals surface area contributed by atoms with Crippen LogP contribution in [0.25, 0.3) is 6.08 Å². The third-order valence-electron chi connectivity index (χ3n) is 8.48. The number of amides is 2. The van der Waals surface area contributed by atoms with Crippen molar-refractivity contribution in [3.63, 3.8) is 0 Å². The molecule has 232 valence electrons. The fraction of sp³-hybridized carbons (Fsp3) is 0.469. The fourth-order valence-electron chi connectivity index (χ4n) is 5.80. The molecule has 0 atom stereocenters. The van der Waals surface area contributed by atoms with Crippen molar-refractivity contribution in [2.75, 3.05) is 44.2 Å². The van der Waals surface area contributed by atoms with E-state index in [9.17, 15) is 22.8 Å². The number of nitrogens with zero attached hydrogens (tertiary/aromatic N) is 3. The van der Waals surface area contributed by atoms with Crippen LogP contribution in [-0.2, 0) is 24.2 Å². The molecule has 2 saturated heterocycles. The number of carbonyl (C=O) groups excluding carboxylic acids is 2. The van der Waals surface area contributed by atoms with Crippen molar-refractivity contribution in [3.05, 3.63) is 64.7 Å². The highest BCUT2D eigenvalue weighted by Crippen LogP contribution is 2.29. The van der Waals surface area contributed by atoms with E-state index in [1.54, 1.807) is 24.0 Å². The van der Waals surface area contributed by atoms with Crippen LogP contribution >= 0.6 is 11.6 Å². The number of hydrogen-bond donors (Lipinski definition) is 1. The summed E-state index contributed by atoms with van der Waals surface area (Å²) in [6, 6.07) is 12.0. The van der Waals surface area contributed by atoms with Crippen molar-refractivity contribution in [2.24, 2.45) is 5.92 Å². The molecule has 0 saturated carbocycles. The first-order valence-electron chi connectivity index (χ1n) is 14.8. The highest BCUT2D eigenvalue weighted by atomic mass is 35.5. The first-order valence-corrected chi connectivity index (χ1v) is 16.7. The van der Waals surface area contributed by atoms with Gasteiger partial charge in [-0.05, 0) is 100 Å². The molecule has 43 heavy (non-hydrogen) atoms. The molecule has 0 spiro atoms. The third-order valence-corrected chi connectivity index (χ3v) is 11.2. The predicted octanol–water partition coefficient (Wildman–Crippen LogP) is 4.67. The van der Waals surface area contributed by atoms with Gasteiger partial charge in [0.1, 0.15) is 0 Å². The van der Waals surface area contributed by atoms with E-state index in [1.807, 2.05) is 30.0 Å². The zero-order valence-electron chi connectivity index (χ0n) is 24.7. The van der Waals surface area contributed by atoms with Crippen LogP contribution in [0.3, 0.4) is 0 Å². The van der Waals surface area contributed by atoms with E-state index in [1.165, 1.54) is 18.2 Å². The summed E-state index contributed by atoms with van der Waals surface area (Å²) in [6.45, 7) is 7.21. The minimum absolute atomic E-state index is 0.0351. The first-order chi connectivity index (χ1) is 20.5. The predicted molar refractivity (Wildman–Crippen MR) is 168 cm³/mol. The van der Waals surface area contributed by atoms with Gasteiger partial charge in [-0.15, -0.1) is 0 Å². The fourth-order valence-corrected chi connectivity index (χ4v) is 7.71. The van der Waals surface area contributed by atoms with Gasteiger partial charge in [0.2, 0.25) is 11.8 Å². The molecule has 0 bridgehead atoms. The molecule has 1 N–H and O–H groups in total. The number of aryl methyl sites for hydroxylation is 1. The molecule has 2 aromatic rings. The molecule has 2 aliphatic heterocycles. The molecule has 2 amide bonds. The Labute approximate surface area is 259 Å². The topological polar surface area (TPSA) is 115 Å². The maximum Gasteiger partial charge on any atom is 0.328 e. The Morgan fingerprint density at radius 3 is 2.23 bits per heavy atom. The van der Waals surface area contributed by atoms with E-state index in [4.69, 9.17) is 16.7 Å². The summed E-state index contributed by atoms with van der Waals surface area (Å²) in [6.07, 6.45) is 5.49. The lowest BCUT2D eigenvalue weighted by molar-refractivity contribution is -0.133. The minimum atomic E-state index is -3.50. The Balaban J connectivity index is 1.33. The lowest BCUT2D eigenvalue weighted by atomic mass is 9.94. The Kier molecular flexibility index (Phi) is 11.0. The van der Waals surface area contributed by atoms with Gasteiger partial charge in [0.25, 0.3) is 0 Å². The van der Waals surface area contributed by atoms with Gasteiger partial charge in [0, 0.05) is 49.3 Å². The second-order valence-electron chi connectivity index (χ2n) is 11.4. The average molecular weight is 630 g/mol. The second-order valence-corrected chi connectivity index (χ2v) is 14.0. The van der Waals surface area contributed by atoms with Crippen LogP contribution < -0.4 is 4.90 Å². The molecule has 0 radical (unpaired) electrons. The summed E-state index contributed by atoms with van der Waals surface area (Å²) in [4.78, 5) is 42.3. The number of carboxylic acids is 1. The molecule has 0 aromatic heterocycles. The normalized spacial score (nSPS) is 17.3. The van der Waals surface area contributed by atoms with Gasteiger partial charge in [0.15, 0.2) is 9.84 Å². The zero-order valence-corrected chi connectivity index (χ0v) is 26.3. The molecule has 9 nitrogen and oxygen atoms in total. The van der Waals surface area contributed by atoms with Gasteiger partial charge < -0.3 is 19.8 Å². The van der Waals surface area contributed by atoms with Crippen molar-refractivity contribution in [1.82, 2.24) is 9.80 Å². The number of aliphatic carboxylic acids is 1. The smallest absolute Gasteiger partial charge is 0.328 e. The summed E-state index contributed by atoms with van der Waals surface area (Å²) < 4.78 is 26.5. The van der Waals surface area contributed by atoms with Crippen molar-refractivity contribution < 1.29 is 27.9 Å². The number of anilines is 1. The maximum atomic E-state index is 13.7. The van der Waals surface area contributed by atoms with E-state index in [2.05, 4.69) is 4.90 Å². The standard InChI is InChI=1S/C32H40ClN3O6S/c1-23-4-8-27(22-30(23)33)36(32(40)26-12-20-35(21-13-26)24(2)37)17-3-16-34-18-14-29(15-19-34)43(41,42)28-9-5-25(6-10-28)7-11-31(38)39/h4-11,22,26,29H,3,12-21H2,1-2H3,(H,38,39)/b11-7+. The molecule has 11 heteroatoms. The molecule has 2 heterocycles. The van der Waals surface area contributed by atoms with Gasteiger partial charge in [-0.25, -0.2) is 13.2 Å². The number of carbonyl (C=O) groups is 3. The van der Waals surface area contributed by atoms with Crippen LogP contribution in [0.15, 0.2) is 53.4 Å². The van der Waals surface area contributed by atoms with Gasteiger partial charge in [-0.1, -0.05) is 29.8 Å². The number of halogens is 1. The van der Waals surface area contributed by atoms with Gasteiger partial charge in [0.05, 0.1) is 10.1 Å². The molecule has 2 aromatic carbocycles. The van der Waals surface area contributed by atoms with E-state index < -0.39 is 21.1 Å². The molecule has 0 unspecified atom stereocenters. The van der Waals surface area contributed by atoms with Crippen molar-refractivity contribution >= 4 is 51.0 Å². The molecule has 4 rings (SSSR count). The van der Waals surface area contributed by atoms with Crippen molar-refractivity contribution in [3.8, 4) is 0 Å². The number of likely N-dealkylation sites (tertiary alicyclic amines) is 2. The van der Waals surface area contributed by atoms with Crippen molar-refractivity contribution in [2.45, 2.75) is 56.1 Å². The van der Waals surface area contributed by atoms with Crippen LogP contribution in [0.2, 0.25) is 5.02 Å². The molecular weight excluding hydrogens is 590 g/mol. The Bertz CT molecular complexity index is 1440. The number of carboxylic acid groups (broad SMARTS) is 1. The molecule has 0 aliphatic carbocycles. The summed E-state index contributed by atoms with van der Waals surface area (Å²) in [5, 5.41) is 8.92. The number of benzene rings is 2. The third kappa shape index (κ3) is 8.46. The zero-order chi connectivity index (χ0) is 31.1. The number of hydrogen-bond acceptors (Lipinski definition) is 6. The lowest BCUT2D eigenvalue weighted by Gasteiger charge is -2.35. The summed E-state index contributed by atoms with van der Waals surface area (Å²) >= 11 is 6.42. The van der Waals surface area contributed by atoms with Gasteiger partial charge in [-0.2, -0.15) is 0 Å². The summed E-state index contributed by atoms with van der Waals surface area (Å²) in [5.41, 5.74) is 2.33. The SMILES string of the molecule is CC(=O)N1CCC(C(=O)N(CCCN2CCC(S(=O)(=O)c3ccc(/C=C/C(=O)O)cc3)CC2)c2ccc(C)c(Cl)c2)CC1. The summed E-state index contributed by atoms with van der Waals surface area (Å²) in [5.74, 6) is -1.13. The first kappa shape index (κ1) is 32.7. The minimum Gasteiger partial charge on any atom is -0.478 e. The van der Waals surface area contributed by atoms with E-state index >= 15 is 0 Å². The monoisotopic (exact) mass is 629 g/mol. The van der Waals surface area contributed by atoms with E-state index in [-0.39, 0.29) is 22.6 Å². The van der Waals surface area contributed by atoms with E-state index in [0.29, 0.717) is 69.0 Å². The molecule has 2 aliphatic rings. The average Bonchev–Trinajstić information content (AvgIpc) is 3.00. The van der Waals surface area contributed by atoms with Crippen LogP contribution in [-0.4, -0.2) is 85.6 Å². The summed E-state index contributed by atoms with van der Waals surface area (Å²) in [7, 11) is -3.50. The van der Waals surface area contributed by atoms with Crippen LogP contribution in [0.1, 0.15) is 50.2 Å². The Morgan fingerprint density at radius 1 is 1.00 bits per heavy atom. The number of piperidine rings is 2. The van der Waals surface area contributed by atoms with Crippen molar-refractivity contribution in [1.29, 1.82) is 0 Å². The van der Waals surface area contributed by atoms with Crippen LogP contribution in [0, 0.1) is 12.8 Å². The van der Waals surface area contributed by atoms with Gasteiger partial charge >= 0.3 is 5.97 Å². The van der Waals surface area contributed by atoms with Crippen LogP contribution in [0.5, 0.6) is 0 Å². The lowest BCUT2D eigenvalue weighted by Crippen LogP contribution is -2.45. The molecule has 2 fully saturated rings. The maximum absolute atomic E-state index is 13.7. The number of rotatable bonds is 10. The Morgan fingerprint density at radius 2 is 1.65 bits per heavy atom.